The van der Waals surface area contributed by atoms with Gasteiger partial charge in [-0.2, -0.15) is 0 Å². The van der Waals surface area contributed by atoms with E-state index in [1.807, 2.05) is 0 Å². The van der Waals surface area contributed by atoms with Crippen LogP contribution >= 0.6 is 0 Å². The number of esters is 1. The van der Waals surface area contributed by atoms with Gasteiger partial charge in [0, 0.05) is 18.9 Å². The summed E-state index contributed by atoms with van der Waals surface area (Å²) >= 11 is 0. The minimum Gasteiger partial charge on any atom is -0.462 e. The van der Waals surface area contributed by atoms with Gasteiger partial charge in [0.15, 0.2) is 0 Å². The summed E-state index contributed by atoms with van der Waals surface area (Å²) in [7, 11) is 0. The van der Waals surface area contributed by atoms with Crippen LogP contribution in [0, 0.1) is 11.8 Å². The summed E-state index contributed by atoms with van der Waals surface area (Å²) in [6.45, 7) is 0.249. The lowest BCUT2D eigenvalue weighted by Gasteiger charge is -2.22. The van der Waals surface area contributed by atoms with Gasteiger partial charge in [-0.05, 0) is 25.2 Å². The Morgan fingerprint density at radius 3 is 3.00 bits per heavy atom. The molecule has 0 spiro atoms. The Morgan fingerprint density at radius 2 is 2.42 bits per heavy atom. The van der Waals surface area contributed by atoms with Gasteiger partial charge < -0.3 is 9.84 Å². The molecule has 3 atom stereocenters. The van der Waals surface area contributed by atoms with Crippen molar-refractivity contribution in [2.24, 2.45) is 11.8 Å². The molecule has 1 saturated heterocycles. The molecular formula is C9H14O3. The largest absolute Gasteiger partial charge is 0.462 e. The Labute approximate surface area is 71.7 Å². The van der Waals surface area contributed by atoms with Gasteiger partial charge >= 0.3 is 5.97 Å². The molecule has 3 heteroatoms. The first-order valence-electron chi connectivity index (χ1n) is 4.61. The summed E-state index contributed by atoms with van der Waals surface area (Å²) in [5.74, 6) is 0.801. The van der Waals surface area contributed by atoms with Crippen LogP contribution in [0.3, 0.4) is 0 Å². The van der Waals surface area contributed by atoms with Crippen LogP contribution in [0.25, 0.3) is 0 Å². The number of cyclic esters (lactones) is 1. The van der Waals surface area contributed by atoms with Gasteiger partial charge in [0.1, 0.15) is 6.10 Å². The maximum atomic E-state index is 10.9. The molecule has 2 aliphatic rings. The Kier molecular flexibility index (Phi) is 2.05. The second-order valence-electron chi connectivity index (χ2n) is 3.76. The topological polar surface area (TPSA) is 46.5 Å². The number of aliphatic hydroxyl groups excluding tert-OH is 1. The lowest BCUT2D eigenvalue weighted by molar-refractivity contribution is -0.155. The van der Waals surface area contributed by atoms with E-state index in [9.17, 15) is 4.79 Å². The molecule has 0 amide bonds. The fraction of sp³-hybridized carbons (Fsp3) is 0.889. The SMILES string of the molecule is O=C1CCCC(C2CC2CO)O1. The molecule has 0 radical (unpaired) electrons. The third-order valence-electron chi connectivity index (χ3n) is 2.84. The lowest BCUT2D eigenvalue weighted by atomic mass is 10.0. The molecule has 0 aromatic carbocycles. The van der Waals surface area contributed by atoms with Gasteiger partial charge in [-0.1, -0.05) is 0 Å². The van der Waals surface area contributed by atoms with Crippen molar-refractivity contribution in [1.29, 1.82) is 0 Å². The van der Waals surface area contributed by atoms with Crippen molar-refractivity contribution < 1.29 is 14.6 Å². The van der Waals surface area contributed by atoms with Crippen molar-refractivity contribution in [3.63, 3.8) is 0 Å². The first kappa shape index (κ1) is 8.05. The zero-order valence-corrected chi connectivity index (χ0v) is 7.03. The molecule has 68 valence electrons. The highest BCUT2D eigenvalue weighted by Crippen LogP contribution is 2.44. The maximum absolute atomic E-state index is 10.9. The van der Waals surface area contributed by atoms with E-state index in [0.717, 1.165) is 19.3 Å². The number of carbonyl (C=O) groups is 1. The smallest absolute Gasteiger partial charge is 0.306 e. The van der Waals surface area contributed by atoms with Crippen LogP contribution in [0.15, 0.2) is 0 Å². The van der Waals surface area contributed by atoms with Crippen molar-refractivity contribution >= 4 is 5.97 Å². The summed E-state index contributed by atoms with van der Waals surface area (Å²) < 4.78 is 5.19. The molecule has 12 heavy (non-hydrogen) atoms. The fourth-order valence-electron chi connectivity index (χ4n) is 1.97. The highest BCUT2D eigenvalue weighted by Gasteiger charge is 2.44. The van der Waals surface area contributed by atoms with Crippen LogP contribution in [0.5, 0.6) is 0 Å². The Balaban J connectivity index is 1.84. The second kappa shape index (κ2) is 3.05. The number of rotatable bonds is 2. The number of hydrogen-bond acceptors (Lipinski definition) is 3. The van der Waals surface area contributed by atoms with E-state index < -0.39 is 0 Å². The van der Waals surface area contributed by atoms with Crippen LogP contribution in [-0.2, 0) is 9.53 Å². The minimum atomic E-state index is -0.0603. The number of ether oxygens (including phenoxy) is 1. The monoisotopic (exact) mass is 170 g/mol. The molecule has 0 aromatic rings. The van der Waals surface area contributed by atoms with E-state index in [1.54, 1.807) is 0 Å². The van der Waals surface area contributed by atoms with Crippen molar-refractivity contribution in [2.45, 2.75) is 31.8 Å². The summed E-state index contributed by atoms with van der Waals surface area (Å²) in [4.78, 5) is 10.9. The van der Waals surface area contributed by atoms with Crippen LogP contribution in [0.1, 0.15) is 25.7 Å². The molecule has 0 aromatic heterocycles. The number of aliphatic hydroxyl groups is 1. The average molecular weight is 170 g/mol. The summed E-state index contributed by atoms with van der Waals surface area (Å²) in [6, 6.07) is 0. The average Bonchev–Trinajstić information content (AvgIpc) is 2.83. The minimum absolute atomic E-state index is 0.0603. The maximum Gasteiger partial charge on any atom is 0.306 e. The molecule has 0 bridgehead atoms. The highest BCUT2D eigenvalue weighted by molar-refractivity contribution is 5.70. The molecule has 2 rings (SSSR count). The van der Waals surface area contributed by atoms with E-state index in [4.69, 9.17) is 9.84 Å². The third kappa shape index (κ3) is 1.46. The Hall–Kier alpha value is -0.570. The van der Waals surface area contributed by atoms with E-state index in [2.05, 4.69) is 0 Å². The van der Waals surface area contributed by atoms with E-state index in [0.29, 0.717) is 18.3 Å². The van der Waals surface area contributed by atoms with Crippen molar-refractivity contribution in [1.82, 2.24) is 0 Å². The van der Waals surface area contributed by atoms with Gasteiger partial charge in [-0.3, -0.25) is 4.79 Å². The second-order valence-corrected chi connectivity index (χ2v) is 3.76. The van der Waals surface area contributed by atoms with Crippen molar-refractivity contribution in [3.8, 4) is 0 Å². The molecule has 1 N–H and O–H groups in total. The number of hydrogen-bond donors (Lipinski definition) is 1. The zero-order chi connectivity index (χ0) is 8.55. The highest BCUT2D eigenvalue weighted by atomic mass is 16.5. The summed E-state index contributed by atoms with van der Waals surface area (Å²) in [5.41, 5.74) is 0. The molecule has 1 aliphatic heterocycles. The molecule has 3 nitrogen and oxygen atoms in total. The lowest BCUT2D eigenvalue weighted by Crippen LogP contribution is -2.26. The van der Waals surface area contributed by atoms with Gasteiger partial charge in [-0.25, -0.2) is 0 Å². The van der Waals surface area contributed by atoms with Crippen molar-refractivity contribution in [2.75, 3.05) is 6.61 Å². The molecule has 2 fully saturated rings. The van der Waals surface area contributed by atoms with Crippen LogP contribution in [0.4, 0.5) is 0 Å². The summed E-state index contributed by atoms with van der Waals surface area (Å²) in [5, 5.41) is 8.83. The predicted octanol–water partition coefficient (Wildman–Crippen LogP) is 0.710. The standard InChI is InChI=1S/C9H14O3/c10-5-6-4-7(6)8-2-1-3-9(11)12-8/h6-8,10H,1-5H2. The van der Waals surface area contributed by atoms with E-state index in [-0.39, 0.29) is 18.7 Å². The van der Waals surface area contributed by atoms with Gasteiger partial charge in [0.05, 0.1) is 0 Å². The fourth-order valence-corrected chi connectivity index (χ4v) is 1.97. The summed E-state index contributed by atoms with van der Waals surface area (Å²) in [6.07, 6.45) is 3.68. The molecule has 1 aliphatic carbocycles. The Morgan fingerprint density at radius 1 is 1.58 bits per heavy atom. The van der Waals surface area contributed by atoms with E-state index >= 15 is 0 Å². The Bertz CT molecular complexity index is 190. The van der Waals surface area contributed by atoms with Gasteiger partial charge in [0.2, 0.25) is 0 Å². The predicted molar refractivity (Wildman–Crippen MR) is 42.4 cm³/mol. The van der Waals surface area contributed by atoms with Gasteiger partial charge in [-0.15, -0.1) is 0 Å². The third-order valence-corrected chi connectivity index (χ3v) is 2.84. The van der Waals surface area contributed by atoms with E-state index in [1.165, 1.54) is 0 Å². The molecule has 1 heterocycles. The molecular weight excluding hydrogens is 156 g/mol. The zero-order valence-electron chi connectivity index (χ0n) is 7.03. The molecule has 1 saturated carbocycles. The number of carbonyl (C=O) groups excluding carboxylic acids is 1. The first-order chi connectivity index (χ1) is 5.81. The van der Waals surface area contributed by atoms with Gasteiger partial charge in [0.25, 0.3) is 0 Å². The van der Waals surface area contributed by atoms with Crippen LogP contribution < -0.4 is 0 Å². The van der Waals surface area contributed by atoms with Crippen LogP contribution in [-0.4, -0.2) is 23.8 Å². The van der Waals surface area contributed by atoms with Crippen molar-refractivity contribution in [3.05, 3.63) is 0 Å². The molecule has 3 unspecified atom stereocenters. The quantitative estimate of drug-likeness (QED) is 0.621. The normalized spacial score (nSPS) is 40.8. The van der Waals surface area contributed by atoms with Crippen LogP contribution in [0.2, 0.25) is 0 Å². The first-order valence-corrected chi connectivity index (χ1v) is 4.61.